The van der Waals surface area contributed by atoms with E-state index in [1.54, 1.807) is 0 Å². The first kappa shape index (κ1) is 22.2. The van der Waals surface area contributed by atoms with Crippen molar-refractivity contribution in [2.45, 2.75) is 43.7 Å². The molecule has 0 aliphatic heterocycles. The van der Waals surface area contributed by atoms with Crippen molar-refractivity contribution in [3.63, 3.8) is 0 Å². The van der Waals surface area contributed by atoms with Crippen LogP contribution in [-0.2, 0) is 21.2 Å². The van der Waals surface area contributed by atoms with Gasteiger partial charge in [-0.1, -0.05) is 41.9 Å². The summed E-state index contributed by atoms with van der Waals surface area (Å²) in [5, 5.41) is 3.10. The van der Waals surface area contributed by atoms with Crippen LogP contribution >= 0.6 is 11.6 Å². The summed E-state index contributed by atoms with van der Waals surface area (Å²) in [7, 11) is -2.61. The first-order valence-electron chi connectivity index (χ1n) is 8.93. The van der Waals surface area contributed by atoms with Gasteiger partial charge in [-0.3, -0.25) is 4.79 Å². The molecule has 0 unspecified atom stereocenters. The number of halogens is 1. The normalized spacial score (nSPS) is 13.6. The van der Waals surface area contributed by atoms with Gasteiger partial charge in [-0.25, -0.2) is 8.42 Å². The van der Waals surface area contributed by atoms with Gasteiger partial charge in [-0.2, -0.15) is 4.72 Å². The molecule has 0 saturated heterocycles. The number of hydrogen-bond donors (Lipinski definition) is 2. The summed E-state index contributed by atoms with van der Waals surface area (Å²) in [6, 6.07) is 13.2. The second-order valence-electron chi connectivity index (χ2n) is 6.57. The number of ether oxygens (including phenoxy) is 1. The quantitative estimate of drug-likeness (QED) is 0.647. The van der Waals surface area contributed by atoms with E-state index < -0.39 is 22.0 Å². The molecule has 2 rings (SSSR count). The maximum atomic E-state index is 12.6. The van der Waals surface area contributed by atoms with E-state index in [4.69, 9.17) is 16.3 Å². The molecule has 0 heterocycles. The van der Waals surface area contributed by atoms with Gasteiger partial charge in [-0.15, -0.1) is 0 Å². The molecule has 152 valence electrons. The number of benzene rings is 2. The number of methoxy groups -OCH3 is 1. The fourth-order valence-electron chi connectivity index (χ4n) is 2.68. The lowest BCUT2D eigenvalue weighted by molar-refractivity contribution is -0.123. The molecule has 0 spiro atoms. The van der Waals surface area contributed by atoms with E-state index in [2.05, 4.69) is 10.0 Å². The summed E-state index contributed by atoms with van der Waals surface area (Å²) in [6.45, 7) is 3.38. The summed E-state index contributed by atoms with van der Waals surface area (Å²) in [6.07, 6.45) is 1.57. The highest BCUT2D eigenvalue weighted by Gasteiger charge is 2.26. The van der Waals surface area contributed by atoms with E-state index in [0.29, 0.717) is 0 Å². The molecule has 8 heteroatoms. The number of rotatable bonds is 9. The molecule has 2 aromatic rings. The van der Waals surface area contributed by atoms with Crippen LogP contribution in [-0.4, -0.2) is 33.5 Å². The van der Waals surface area contributed by atoms with E-state index in [1.165, 1.54) is 37.8 Å². The molecule has 28 heavy (non-hydrogen) atoms. The molecule has 0 fully saturated rings. The third kappa shape index (κ3) is 6.22. The predicted molar refractivity (Wildman–Crippen MR) is 110 cm³/mol. The molecule has 0 bridgehead atoms. The Bertz CT molecular complexity index is 904. The number of sulfonamides is 1. The second-order valence-corrected chi connectivity index (χ2v) is 8.69. The molecule has 1 amide bonds. The number of hydrogen-bond acceptors (Lipinski definition) is 4. The minimum absolute atomic E-state index is 0.0969. The number of aryl methyl sites for hydroxylation is 1. The number of carbonyl (C=O) groups excluding carboxylic acids is 1. The monoisotopic (exact) mass is 424 g/mol. The highest BCUT2D eigenvalue weighted by molar-refractivity contribution is 7.89. The number of nitrogens with one attached hydrogen (secondary N) is 2. The molecule has 0 aromatic heterocycles. The van der Waals surface area contributed by atoms with E-state index >= 15 is 0 Å². The van der Waals surface area contributed by atoms with E-state index in [9.17, 15) is 13.2 Å². The SMILES string of the molecule is COc1ccc(Cl)cc1S(=O)(=O)N[C@H](C)C(=O)N[C@H](C)CCc1ccccc1. The minimum Gasteiger partial charge on any atom is -0.495 e. The van der Waals surface area contributed by atoms with Crippen molar-refractivity contribution >= 4 is 27.5 Å². The van der Waals surface area contributed by atoms with Gasteiger partial charge in [0.2, 0.25) is 15.9 Å². The lowest BCUT2D eigenvalue weighted by atomic mass is 10.1. The molecule has 6 nitrogen and oxygen atoms in total. The van der Waals surface area contributed by atoms with Gasteiger partial charge >= 0.3 is 0 Å². The average Bonchev–Trinajstić information content (AvgIpc) is 2.66. The summed E-state index contributed by atoms with van der Waals surface area (Å²) < 4.78 is 32.8. The van der Waals surface area contributed by atoms with Crippen molar-refractivity contribution in [2.24, 2.45) is 0 Å². The van der Waals surface area contributed by atoms with Crippen molar-refractivity contribution in [1.82, 2.24) is 10.0 Å². The fourth-order valence-corrected chi connectivity index (χ4v) is 4.31. The molecule has 0 aliphatic carbocycles. The van der Waals surface area contributed by atoms with Crippen LogP contribution in [0.4, 0.5) is 0 Å². The standard InChI is InChI=1S/C20H25ClN2O4S/c1-14(9-10-16-7-5-4-6-8-16)22-20(24)15(2)23-28(25,26)19-13-17(21)11-12-18(19)27-3/h4-8,11-15,23H,9-10H2,1-3H3,(H,22,24)/t14-,15-/m1/s1. The molecule has 2 N–H and O–H groups in total. The largest absolute Gasteiger partial charge is 0.495 e. The van der Waals surface area contributed by atoms with Crippen LogP contribution in [0, 0.1) is 0 Å². The zero-order chi connectivity index (χ0) is 20.7. The van der Waals surface area contributed by atoms with Crippen LogP contribution < -0.4 is 14.8 Å². The third-order valence-electron chi connectivity index (χ3n) is 4.24. The Labute approximate surface area is 171 Å². The van der Waals surface area contributed by atoms with Crippen molar-refractivity contribution < 1.29 is 17.9 Å². The van der Waals surface area contributed by atoms with Crippen LogP contribution in [0.1, 0.15) is 25.8 Å². The van der Waals surface area contributed by atoms with Crippen LogP contribution in [0.25, 0.3) is 0 Å². The van der Waals surface area contributed by atoms with Gasteiger partial charge in [0.15, 0.2) is 0 Å². The summed E-state index contributed by atoms with van der Waals surface area (Å²) in [5.74, 6) is -0.245. The zero-order valence-corrected chi connectivity index (χ0v) is 17.7. The fraction of sp³-hybridized carbons (Fsp3) is 0.350. The van der Waals surface area contributed by atoms with Gasteiger partial charge in [0, 0.05) is 11.1 Å². The van der Waals surface area contributed by atoms with Crippen LogP contribution in [0.2, 0.25) is 5.02 Å². The zero-order valence-electron chi connectivity index (χ0n) is 16.1. The highest BCUT2D eigenvalue weighted by Crippen LogP contribution is 2.27. The minimum atomic E-state index is -3.98. The molecule has 0 saturated carbocycles. The van der Waals surface area contributed by atoms with Gasteiger partial charge in [-0.05, 0) is 50.5 Å². The Morgan fingerprint density at radius 2 is 1.82 bits per heavy atom. The highest BCUT2D eigenvalue weighted by atomic mass is 35.5. The summed E-state index contributed by atoms with van der Waals surface area (Å²) >= 11 is 5.91. The van der Waals surface area contributed by atoms with Crippen molar-refractivity contribution in [1.29, 1.82) is 0 Å². The van der Waals surface area contributed by atoms with Gasteiger partial charge < -0.3 is 10.1 Å². The second kappa shape index (κ2) is 9.91. The predicted octanol–water partition coefficient (Wildman–Crippen LogP) is 3.15. The van der Waals surface area contributed by atoms with Gasteiger partial charge in [0.25, 0.3) is 0 Å². The van der Waals surface area contributed by atoms with Crippen molar-refractivity contribution in [2.75, 3.05) is 7.11 Å². The molecule has 2 aromatic carbocycles. The van der Waals surface area contributed by atoms with E-state index in [0.717, 1.165) is 12.8 Å². The number of carbonyl (C=O) groups is 1. The molecule has 0 aliphatic rings. The smallest absolute Gasteiger partial charge is 0.245 e. The number of amides is 1. The van der Waals surface area contributed by atoms with Crippen molar-refractivity contribution in [3.05, 3.63) is 59.1 Å². The Balaban J connectivity index is 1.96. The first-order valence-corrected chi connectivity index (χ1v) is 10.8. The lowest BCUT2D eigenvalue weighted by Gasteiger charge is -2.19. The molecular weight excluding hydrogens is 400 g/mol. The van der Waals surface area contributed by atoms with Crippen LogP contribution in [0.5, 0.6) is 5.75 Å². The van der Waals surface area contributed by atoms with E-state index in [1.807, 2.05) is 37.3 Å². The lowest BCUT2D eigenvalue weighted by Crippen LogP contribution is -2.47. The van der Waals surface area contributed by atoms with Crippen molar-refractivity contribution in [3.8, 4) is 5.75 Å². The first-order chi connectivity index (χ1) is 13.2. The third-order valence-corrected chi connectivity index (χ3v) is 6.03. The maximum Gasteiger partial charge on any atom is 0.245 e. The summed E-state index contributed by atoms with van der Waals surface area (Å²) in [5.41, 5.74) is 1.19. The Morgan fingerprint density at radius 1 is 1.14 bits per heavy atom. The van der Waals surface area contributed by atoms with Crippen LogP contribution in [0.3, 0.4) is 0 Å². The van der Waals surface area contributed by atoms with Crippen LogP contribution in [0.15, 0.2) is 53.4 Å². The topological polar surface area (TPSA) is 84.5 Å². The van der Waals surface area contributed by atoms with Gasteiger partial charge in [0.05, 0.1) is 13.2 Å². The Morgan fingerprint density at radius 3 is 2.46 bits per heavy atom. The Kier molecular flexibility index (Phi) is 7.86. The van der Waals surface area contributed by atoms with E-state index in [-0.39, 0.29) is 21.7 Å². The molecule has 2 atom stereocenters. The summed E-state index contributed by atoms with van der Waals surface area (Å²) in [4.78, 5) is 12.3. The van der Waals surface area contributed by atoms with Gasteiger partial charge in [0.1, 0.15) is 10.6 Å². The molecule has 0 radical (unpaired) electrons. The molecular formula is C20H25ClN2O4S. The maximum absolute atomic E-state index is 12.6. The Hall–Kier alpha value is -2.09. The average molecular weight is 425 g/mol.